The van der Waals surface area contributed by atoms with E-state index >= 15 is 0 Å². The molecule has 0 atom stereocenters. The minimum Gasteiger partial charge on any atom is -0.457 e. The Morgan fingerprint density at radius 1 is 1.09 bits per heavy atom. The maximum absolute atomic E-state index is 6.34. The zero-order valence-corrected chi connectivity index (χ0v) is 14.2. The van der Waals surface area contributed by atoms with E-state index in [1.54, 1.807) is 5.56 Å². The van der Waals surface area contributed by atoms with Crippen LogP contribution >= 0.6 is 0 Å². The second-order valence-electron chi connectivity index (χ2n) is 6.68. The number of aryl methyl sites for hydroxylation is 2. The molecule has 0 saturated carbocycles. The highest BCUT2D eigenvalue weighted by atomic mass is 16.5. The van der Waals surface area contributed by atoms with Gasteiger partial charge in [0.15, 0.2) is 0 Å². The average Bonchev–Trinajstić information content (AvgIpc) is 2.99. The van der Waals surface area contributed by atoms with Gasteiger partial charge in [0.25, 0.3) is 0 Å². The van der Waals surface area contributed by atoms with Crippen LogP contribution in [0.25, 0.3) is 0 Å². The predicted molar refractivity (Wildman–Crippen MR) is 93.2 cm³/mol. The molecule has 1 heteroatoms. The summed E-state index contributed by atoms with van der Waals surface area (Å²) >= 11 is 0. The molecule has 0 N–H and O–H groups in total. The largest absolute Gasteiger partial charge is 0.457 e. The monoisotopic (exact) mass is 294 g/mol. The predicted octanol–water partition coefficient (Wildman–Crippen LogP) is 5.96. The van der Waals surface area contributed by atoms with Crippen molar-refractivity contribution in [2.75, 3.05) is 0 Å². The Morgan fingerprint density at radius 3 is 2.59 bits per heavy atom. The molecule has 0 fully saturated rings. The lowest BCUT2D eigenvalue weighted by atomic mass is 9.97. The summed E-state index contributed by atoms with van der Waals surface area (Å²) in [5.41, 5.74) is 7.10. The topological polar surface area (TPSA) is 9.23 Å². The van der Waals surface area contributed by atoms with Crippen molar-refractivity contribution in [1.82, 2.24) is 0 Å². The third-order valence-electron chi connectivity index (χ3n) is 4.75. The van der Waals surface area contributed by atoms with Crippen LogP contribution in [0.4, 0.5) is 0 Å². The van der Waals surface area contributed by atoms with Crippen LogP contribution in [-0.4, -0.2) is 0 Å². The van der Waals surface area contributed by atoms with Gasteiger partial charge in [-0.15, -0.1) is 0 Å². The van der Waals surface area contributed by atoms with Crippen molar-refractivity contribution in [2.45, 2.75) is 59.3 Å². The summed E-state index contributed by atoms with van der Waals surface area (Å²) in [6.07, 6.45) is 4.74. The summed E-state index contributed by atoms with van der Waals surface area (Å²) in [5, 5.41) is 0. The number of hydrogen-bond acceptors (Lipinski definition) is 1. The maximum Gasteiger partial charge on any atom is 0.133 e. The molecular formula is C21H26O. The van der Waals surface area contributed by atoms with E-state index in [2.05, 4.69) is 58.0 Å². The van der Waals surface area contributed by atoms with Crippen LogP contribution in [0.1, 0.15) is 60.9 Å². The third-order valence-corrected chi connectivity index (χ3v) is 4.75. The summed E-state index contributed by atoms with van der Waals surface area (Å²) in [6, 6.07) is 10.8. The number of rotatable bonds is 4. The first-order chi connectivity index (χ1) is 10.6. The highest BCUT2D eigenvalue weighted by Crippen LogP contribution is 2.39. The minimum atomic E-state index is 0.526. The lowest BCUT2D eigenvalue weighted by Crippen LogP contribution is -1.99. The smallest absolute Gasteiger partial charge is 0.133 e. The molecule has 22 heavy (non-hydrogen) atoms. The van der Waals surface area contributed by atoms with Crippen molar-refractivity contribution in [3.8, 4) is 11.5 Å². The normalized spacial score (nSPS) is 13.5. The fourth-order valence-corrected chi connectivity index (χ4v) is 3.51. The second kappa shape index (κ2) is 6.16. The summed E-state index contributed by atoms with van der Waals surface area (Å²) in [6.45, 7) is 8.87. The van der Waals surface area contributed by atoms with Gasteiger partial charge in [0, 0.05) is 0 Å². The molecular weight excluding hydrogens is 268 g/mol. The molecule has 0 aromatic heterocycles. The van der Waals surface area contributed by atoms with E-state index in [-0.39, 0.29) is 0 Å². The van der Waals surface area contributed by atoms with Crippen LogP contribution in [0.5, 0.6) is 11.5 Å². The van der Waals surface area contributed by atoms with Crippen LogP contribution in [0.3, 0.4) is 0 Å². The van der Waals surface area contributed by atoms with Crippen molar-refractivity contribution >= 4 is 0 Å². The lowest BCUT2D eigenvalue weighted by Gasteiger charge is -2.17. The Hall–Kier alpha value is -1.76. The number of benzene rings is 2. The Labute approximate surface area is 134 Å². The molecule has 1 aliphatic rings. The van der Waals surface area contributed by atoms with Crippen molar-refractivity contribution in [3.05, 3.63) is 58.1 Å². The van der Waals surface area contributed by atoms with E-state index in [0.29, 0.717) is 5.92 Å². The van der Waals surface area contributed by atoms with Gasteiger partial charge in [-0.05, 0) is 78.5 Å². The van der Waals surface area contributed by atoms with Gasteiger partial charge in [-0.1, -0.05) is 39.0 Å². The van der Waals surface area contributed by atoms with Gasteiger partial charge in [-0.3, -0.25) is 0 Å². The molecule has 0 bridgehead atoms. The molecule has 0 aliphatic heterocycles. The SMILES string of the molecule is CCc1cc(C)c(Oc2cccc(C(C)C)c2)c2c1CCC2. The van der Waals surface area contributed by atoms with Crippen LogP contribution in [0.15, 0.2) is 30.3 Å². The van der Waals surface area contributed by atoms with E-state index in [4.69, 9.17) is 4.74 Å². The Balaban J connectivity index is 2.00. The summed E-state index contributed by atoms with van der Waals surface area (Å²) in [7, 11) is 0. The van der Waals surface area contributed by atoms with Crippen molar-refractivity contribution < 1.29 is 4.74 Å². The fourth-order valence-electron chi connectivity index (χ4n) is 3.51. The summed E-state index contributed by atoms with van der Waals surface area (Å²) < 4.78 is 6.34. The standard InChI is InChI=1S/C21H26O/c1-5-16-12-15(4)21(20-11-7-10-19(16)20)22-18-9-6-8-17(13-18)14(2)3/h6,8-9,12-14H,5,7,10-11H2,1-4H3. The van der Waals surface area contributed by atoms with Crippen molar-refractivity contribution in [1.29, 1.82) is 0 Å². The highest BCUT2D eigenvalue weighted by Gasteiger charge is 2.21. The first kappa shape index (κ1) is 15.1. The Bertz CT molecular complexity index is 683. The van der Waals surface area contributed by atoms with Crippen LogP contribution < -0.4 is 4.74 Å². The fraction of sp³-hybridized carbons (Fsp3) is 0.429. The van der Waals surface area contributed by atoms with E-state index in [1.807, 2.05) is 0 Å². The molecule has 116 valence electrons. The van der Waals surface area contributed by atoms with E-state index in [0.717, 1.165) is 24.3 Å². The van der Waals surface area contributed by atoms with E-state index < -0.39 is 0 Å². The van der Waals surface area contributed by atoms with Gasteiger partial charge in [0.05, 0.1) is 0 Å². The minimum absolute atomic E-state index is 0.526. The molecule has 3 rings (SSSR count). The zero-order valence-electron chi connectivity index (χ0n) is 14.2. The Morgan fingerprint density at radius 2 is 1.86 bits per heavy atom. The van der Waals surface area contributed by atoms with Gasteiger partial charge < -0.3 is 4.74 Å². The number of hydrogen-bond donors (Lipinski definition) is 0. The summed E-state index contributed by atoms with van der Waals surface area (Å²) in [4.78, 5) is 0. The lowest BCUT2D eigenvalue weighted by molar-refractivity contribution is 0.472. The Kier molecular flexibility index (Phi) is 4.24. The molecule has 0 spiro atoms. The first-order valence-corrected chi connectivity index (χ1v) is 8.52. The van der Waals surface area contributed by atoms with Gasteiger partial charge >= 0.3 is 0 Å². The molecule has 1 aliphatic carbocycles. The second-order valence-corrected chi connectivity index (χ2v) is 6.68. The molecule has 0 unspecified atom stereocenters. The molecule has 1 nitrogen and oxygen atoms in total. The quantitative estimate of drug-likeness (QED) is 0.676. The summed E-state index contributed by atoms with van der Waals surface area (Å²) in [5.74, 6) is 2.59. The van der Waals surface area contributed by atoms with Gasteiger partial charge in [0.1, 0.15) is 11.5 Å². The van der Waals surface area contributed by atoms with Gasteiger partial charge in [-0.2, -0.15) is 0 Å². The van der Waals surface area contributed by atoms with Crippen molar-refractivity contribution in [3.63, 3.8) is 0 Å². The van der Waals surface area contributed by atoms with Crippen LogP contribution in [0, 0.1) is 6.92 Å². The highest BCUT2D eigenvalue weighted by molar-refractivity contribution is 5.54. The van der Waals surface area contributed by atoms with Crippen LogP contribution in [-0.2, 0) is 19.3 Å². The number of ether oxygens (including phenoxy) is 1. The zero-order chi connectivity index (χ0) is 15.7. The molecule has 0 heterocycles. The molecule has 0 saturated heterocycles. The molecule has 0 radical (unpaired) electrons. The maximum atomic E-state index is 6.34. The average molecular weight is 294 g/mol. The van der Waals surface area contributed by atoms with Gasteiger partial charge in [-0.25, -0.2) is 0 Å². The molecule has 0 amide bonds. The third kappa shape index (κ3) is 2.77. The molecule has 2 aromatic carbocycles. The first-order valence-electron chi connectivity index (χ1n) is 8.52. The van der Waals surface area contributed by atoms with Gasteiger partial charge in [0.2, 0.25) is 0 Å². The van der Waals surface area contributed by atoms with E-state index in [9.17, 15) is 0 Å². The van der Waals surface area contributed by atoms with Crippen LogP contribution in [0.2, 0.25) is 0 Å². The molecule has 2 aromatic rings. The van der Waals surface area contributed by atoms with E-state index in [1.165, 1.54) is 35.1 Å². The van der Waals surface area contributed by atoms with Crippen molar-refractivity contribution in [2.24, 2.45) is 0 Å². The number of fused-ring (bicyclic) bond motifs is 1.